The first-order chi connectivity index (χ1) is 14.7. The van der Waals surface area contributed by atoms with E-state index in [0.29, 0.717) is 11.2 Å². The fraction of sp³-hybridized carbons (Fsp3) is 0.577. The highest BCUT2D eigenvalue weighted by Crippen LogP contribution is 2.45. The van der Waals surface area contributed by atoms with Crippen LogP contribution in [0, 0.1) is 11.3 Å². The van der Waals surface area contributed by atoms with Gasteiger partial charge in [-0.15, -0.1) is 0 Å². The average molecular weight is 423 g/mol. The van der Waals surface area contributed by atoms with Crippen LogP contribution in [0.1, 0.15) is 73.1 Å². The fourth-order valence-corrected chi connectivity index (χ4v) is 4.77. The van der Waals surface area contributed by atoms with Crippen LogP contribution in [0.2, 0.25) is 0 Å². The van der Waals surface area contributed by atoms with Crippen LogP contribution in [0.5, 0.6) is 0 Å². The predicted molar refractivity (Wildman–Crippen MR) is 129 cm³/mol. The minimum atomic E-state index is 0.365. The SMILES string of the molecule is CC(=CCC/C(C)=C/Cn1c[n+](C)c2ncnc(N)c21)CC[C@@]1(C)C(C)=CCC[C@@H]1C. The maximum Gasteiger partial charge on any atom is 0.307 e. The van der Waals surface area contributed by atoms with Gasteiger partial charge in [-0.3, -0.25) is 4.57 Å². The van der Waals surface area contributed by atoms with Crippen molar-refractivity contribution in [2.45, 2.75) is 79.7 Å². The normalized spacial score (nSPS) is 22.8. The predicted octanol–water partition coefficient (Wildman–Crippen LogP) is 5.67. The summed E-state index contributed by atoms with van der Waals surface area (Å²) in [6.45, 7) is 12.5. The Morgan fingerprint density at radius 2 is 2.00 bits per heavy atom. The van der Waals surface area contributed by atoms with Gasteiger partial charge in [-0.05, 0) is 70.6 Å². The highest BCUT2D eigenvalue weighted by molar-refractivity contribution is 5.79. The van der Waals surface area contributed by atoms with Crippen molar-refractivity contribution in [1.29, 1.82) is 0 Å². The quantitative estimate of drug-likeness (QED) is 0.440. The summed E-state index contributed by atoms with van der Waals surface area (Å²) in [7, 11) is 1.99. The third-order valence-corrected chi connectivity index (χ3v) is 7.51. The van der Waals surface area contributed by atoms with Crippen molar-refractivity contribution in [3.05, 3.63) is 47.6 Å². The summed E-state index contributed by atoms with van der Waals surface area (Å²) in [5, 5.41) is 0. The molecule has 5 heteroatoms. The highest BCUT2D eigenvalue weighted by atomic mass is 15.2. The summed E-state index contributed by atoms with van der Waals surface area (Å²) in [6.07, 6.45) is 17.9. The molecule has 1 aliphatic rings. The van der Waals surface area contributed by atoms with Gasteiger partial charge in [-0.25, -0.2) is 4.57 Å². The largest absolute Gasteiger partial charge is 0.380 e. The van der Waals surface area contributed by atoms with Gasteiger partial charge in [-0.2, -0.15) is 4.98 Å². The monoisotopic (exact) mass is 422 g/mol. The summed E-state index contributed by atoms with van der Waals surface area (Å²) in [4.78, 5) is 8.49. The van der Waals surface area contributed by atoms with Crippen molar-refractivity contribution in [1.82, 2.24) is 14.5 Å². The number of nitrogen functional groups attached to an aromatic ring is 1. The Bertz CT molecular complexity index is 1010. The summed E-state index contributed by atoms with van der Waals surface area (Å²) < 4.78 is 4.12. The Labute approximate surface area is 187 Å². The standard InChI is InChI=1S/C26H40N5/c1-19(13-15-26(5)21(3)11-8-12-22(26)4)9-7-10-20(2)14-16-31-18-30(6)25-23(31)24(27)28-17-29-25/h9,11,14,17-18,22H,7-8,10,12-13,15-16H2,1-6H3,(H2,27,28,29)/q+1/b19-9?,20-14+/t22-,26-/m0/s1. The lowest BCUT2D eigenvalue weighted by Crippen LogP contribution is -2.29. The molecule has 2 heterocycles. The summed E-state index contributed by atoms with van der Waals surface area (Å²) in [5.74, 6) is 1.31. The molecule has 0 saturated carbocycles. The molecule has 0 amide bonds. The molecule has 0 radical (unpaired) electrons. The first-order valence-electron chi connectivity index (χ1n) is 11.7. The second-order valence-electron chi connectivity index (χ2n) is 9.73. The van der Waals surface area contributed by atoms with E-state index in [0.717, 1.165) is 36.5 Å². The maximum absolute atomic E-state index is 6.08. The summed E-state index contributed by atoms with van der Waals surface area (Å²) in [6, 6.07) is 0. The van der Waals surface area contributed by atoms with Gasteiger partial charge in [0.05, 0.1) is 13.6 Å². The second kappa shape index (κ2) is 9.80. The lowest BCUT2D eigenvalue weighted by atomic mass is 9.65. The smallest absolute Gasteiger partial charge is 0.307 e. The number of imidazole rings is 1. The molecule has 0 bridgehead atoms. The Hall–Kier alpha value is -2.43. The van der Waals surface area contributed by atoms with Gasteiger partial charge in [-0.1, -0.05) is 53.8 Å². The number of rotatable bonds is 8. The highest BCUT2D eigenvalue weighted by Gasteiger charge is 2.34. The number of hydrogen-bond acceptors (Lipinski definition) is 3. The van der Waals surface area contributed by atoms with Gasteiger partial charge in [0.1, 0.15) is 0 Å². The topological polar surface area (TPSA) is 60.6 Å². The van der Waals surface area contributed by atoms with Crippen LogP contribution in [-0.4, -0.2) is 14.5 Å². The molecule has 2 atom stereocenters. The van der Waals surface area contributed by atoms with E-state index in [2.05, 4.69) is 67.4 Å². The van der Waals surface area contributed by atoms with Crippen LogP contribution in [0.3, 0.4) is 0 Å². The van der Waals surface area contributed by atoms with Gasteiger partial charge in [0.25, 0.3) is 0 Å². The minimum absolute atomic E-state index is 0.365. The van der Waals surface area contributed by atoms with E-state index in [9.17, 15) is 0 Å². The van der Waals surface area contributed by atoms with Crippen molar-refractivity contribution < 1.29 is 4.57 Å². The zero-order valence-electron chi connectivity index (χ0n) is 20.3. The van der Waals surface area contributed by atoms with Crippen LogP contribution in [-0.2, 0) is 13.6 Å². The summed E-state index contributed by atoms with van der Waals surface area (Å²) in [5.41, 5.74) is 12.7. The molecule has 5 nitrogen and oxygen atoms in total. The fourth-order valence-electron chi connectivity index (χ4n) is 4.77. The molecular formula is C26H40N5+. The molecule has 0 fully saturated rings. The number of anilines is 1. The Balaban J connectivity index is 1.53. The van der Waals surface area contributed by atoms with Crippen molar-refractivity contribution >= 4 is 17.0 Å². The number of hydrogen-bond donors (Lipinski definition) is 1. The lowest BCUT2D eigenvalue weighted by molar-refractivity contribution is -0.647. The number of aryl methyl sites for hydroxylation is 1. The van der Waals surface area contributed by atoms with Crippen molar-refractivity contribution in [2.75, 3.05) is 5.73 Å². The Morgan fingerprint density at radius 3 is 2.74 bits per heavy atom. The van der Waals surface area contributed by atoms with Crippen molar-refractivity contribution in [3.63, 3.8) is 0 Å². The molecule has 2 N–H and O–H groups in total. The van der Waals surface area contributed by atoms with Crippen LogP contribution >= 0.6 is 0 Å². The number of nitrogens with zero attached hydrogens (tertiary/aromatic N) is 4. The van der Waals surface area contributed by atoms with Crippen molar-refractivity contribution in [3.8, 4) is 0 Å². The first kappa shape index (κ1) is 23.2. The molecule has 0 aliphatic heterocycles. The van der Waals surface area contributed by atoms with Gasteiger partial charge in [0, 0.05) is 0 Å². The van der Waals surface area contributed by atoms with Crippen LogP contribution in [0.15, 0.2) is 47.6 Å². The van der Waals surface area contributed by atoms with E-state index in [1.54, 1.807) is 5.57 Å². The van der Waals surface area contributed by atoms with E-state index < -0.39 is 0 Å². The van der Waals surface area contributed by atoms with Crippen LogP contribution < -0.4 is 10.3 Å². The lowest BCUT2D eigenvalue weighted by Gasteiger charge is -2.40. The third kappa shape index (κ3) is 5.25. The molecule has 0 aromatic carbocycles. The number of nitrogens with two attached hydrogens (primary N) is 1. The molecule has 0 saturated heterocycles. The van der Waals surface area contributed by atoms with E-state index in [4.69, 9.17) is 5.73 Å². The number of allylic oxidation sites excluding steroid dienone is 6. The number of fused-ring (bicyclic) bond motifs is 1. The zero-order valence-corrected chi connectivity index (χ0v) is 20.3. The molecular weight excluding hydrogens is 382 g/mol. The Morgan fingerprint density at radius 1 is 1.26 bits per heavy atom. The Kier molecular flexibility index (Phi) is 7.34. The second-order valence-corrected chi connectivity index (χ2v) is 9.73. The first-order valence-corrected chi connectivity index (χ1v) is 11.7. The molecule has 1 aliphatic carbocycles. The molecule has 0 unspecified atom stereocenters. The molecule has 168 valence electrons. The minimum Gasteiger partial charge on any atom is -0.380 e. The van der Waals surface area contributed by atoms with Crippen LogP contribution in [0.25, 0.3) is 11.2 Å². The van der Waals surface area contributed by atoms with Gasteiger partial charge in [0.2, 0.25) is 5.52 Å². The third-order valence-electron chi connectivity index (χ3n) is 7.51. The molecule has 31 heavy (non-hydrogen) atoms. The maximum atomic E-state index is 6.08. The van der Waals surface area contributed by atoms with Crippen LogP contribution in [0.4, 0.5) is 5.82 Å². The van der Waals surface area contributed by atoms with Gasteiger partial charge >= 0.3 is 5.65 Å². The summed E-state index contributed by atoms with van der Waals surface area (Å²) >= 11 is 0. The van der Waals surface area contributed by atoms with E-state index >= 15 is 0 Å². The zero-order chi connectivity index (χ0) is 22.6. The average Bonchev–Trinajstić information content (AvgIpc) is 3.06. The molecule has 3 rings (SSSR count). The van der Waals surface area contributed by atoms with Gasteiger partial charge in [0.15, 0.2) is 18.5 Å². The molecule has 2 aromatic rings. The van der Waals surface area contributed by atoms with Gasteiger partial charge < -0.3 is 5.73 Å². The van der Waals surface area contributed by atoms with E-state index in [-0.39, 0.29) is 0 Å². The van der Waals surface area contributed by atoms with Crippen molar-refractivity contribution in [2.24, 2.45) is 18.4 Å². The molecule has 0 spiro atoms. The number of aromatic nitrogens is 4. The van der Waals surface area contributed by atoms with E-state index in [1.807, 2.05) is 17.9 Å². The molecule has 2 aromatic heterocycles. The van der Waals surface area contributed by atoms with E-state index in [1.165, 1.54) is 43.2 Å².